The van der Waals surface area contributed by atoms with Crippen LogP contribution in [0.5, 0.6) is 0 Å². The van der Waals surface area contributed by atoms with Crippen LogP contribution in [0.25, 0.3) is 55.3 Å². The summed E-state index contributed by atoms with van der Waals surface area (Å²) in [5.41, 5.74) is 20.1. The molecule has 2 nitrogen and oxygen atoms in total. The van der Waals surface area contributed by atoms with Gasteiger partial charge in [0, 0.05) is 27.6 Å². The van der Waals surface area contributed by atoms with Gasteiger partial charge in [0.2, 0.25) is 0 Å². The number of anilines is 3. The van der Waals surface area contributed by atoms with Gasteiger partial charge in [-0.15, -0.1) is 0 Å². The van der Waals surface area contributed by atoms with E-state index in [9.17, 15) is 0 Å². The molecule has 6 unspecified atom stereocenters. The van der Waals surface area contributed by atoms with E-state index in [2.05, 4.69) is 170 Å². The summed E-state index contributed by atoms with van der Waals surface area (Å²) < 4.78 is 6.56. The first-order chi connectivity index (χ1) is 28.4. The maximum atomic E-state index is 6.56. The quantitative estimate of drug-likeness (QED) is 0.178. The van der Waals surface area contributed by atoms with E-state index in [1.54, 1.807) is 11.1 Å². The Morgan fingerprint density at radius 1 is 0.517 bits per heavy atom. The van der Waals surface area contributed by atoms with Crippen LogP contribution in [0.2, 0.25) is 0 Å². The normalized spacial score (nSPS) is 27.1. The van der Waals surface area contributed by atoms with Gasteiger partial charge in [-0.25, -0.2) is 0 Å². The summed E-state index contributed by atoms with van der Waals surface area (Å²) in [6, 6.07) is 57.6. The van der Waals surface area contributed by atoms with E-state index < -0.39 is 0 Å². The van der Waals surface area contributed by atoms with Crippen molar-refractivity contribution in [2.24, 2.45) is 29.1 Å². The molecule has 6 atom stereocenters. The van der Waals surface area contributed by atoms with Crippen LogP contribution in [0.3, 0.4) is 0 Å². The lowest BCUT2D eigenvalue weighted by Gasteiger charge is -2.54. The van der Waals surface area contributed by atoms with Crippen LogP contribution in [0.15, 0.2) is 156 Å². The van der Waals surface area contributed by atoms with Crippen molar-refractivity contribution in [2.75, 3.05) is 4.90 Å². The highest BCUT2D eigenvalue weighted by atomic mass is 16.3. The summed E-state index contributed by atoms with van der Waals surface area (Å²) in [6.07, 6.45) is 7.18. The molecule has 1 heterocycles. The molecule has 6 aliphatic carbocycles. The molecule has 2 spiro atoms. The molecule has 4 saturated carbocycles. The van der Waals surface area contributed by atoms with E-state index in [-0.39, 0.29) is 10.8 Å². The average Bonchev–Trinajstić information content (AvgIpc) is 3.94. The fourth-order valence-electron chi connectivity index (χ4n) is 14.7. The van der Waals surface area contributed by atoms with Gasteiger partial charge in [-0.05, 0) is 165 Å². The molecule has 58 heavy (non-hydrogen) atoms. The Balaban J connectivity index is 1.03. The third-order valence-corrected chi connectivity index (χ3v) is 16.8. The minimum absolute atomic E-state index is 0.110. The number of nitrogens with zero attached hydrogens (tertiary/aromatic N) is 1. The van der Waals surface area contributed by atoms with E-state index in [1.807, 2.05) is 0 Å². The van der Waals surface area contributed by atoms with Crippen LogP contribution in [-0.2, 0) is 10.8 Å². The molecule has 2 heteroatoms. The van der Waals surface area contributed by atoms with Gasteiger partial charge in [0.15, 0.2) is 0 Å². The summed E-state index contributed by atoms with van der Waals surface area (Å²) in [7, 11) is 0. The average molecular weight is 748 g/mol. The van der Waals surface area contributed by atoms with Gasteiger partial charge >= 0.3 is 0 Å². The van der Waals surface area contributed by atoms with Gasteiger partial charge in [0.1, 0.15) is 11.2 Å². The predicted octanol–water partition coefficient (Wildman–Crippen LogP) is 14.8. The zero-order valence-electron chi connectivity index (χ0n) is 33.1. The van der Waals surface area contributed by atoms with E-state index in [4.69, 9.17) is 4.42 Å². The number of benzene rings is 7. The van der Waals surface area contributed by atoms with Gasteiger partial charge in [0.25, 0.3) is 0 Å². The second-order valence-corrected chi connectivity index (χ2v) is 19.4. The van der Waals surface area contributed by atoms with Gasteiger partial charge in [-0.3, -0.25) is 0 Å². The summed E-state index contributed by atoms with van der Waals surface area (Å²) in [4.78, 5) is 2.54. The standard InChI is InChI=1S/C56H45NO/c1-54(2)45-15-8-6-13-40(45)41-22-20-39(30-48(41)54)57(49-16-10-18-51-53(49)42-14-7-9-17-50(42)58-51)38-21-24-47-44(29-38)43-27-35(34-11-4-3-5-12-34)19-23-46(43)56(47)37-26-33-25-36-28-52(56)55(36,31-33)32-37/h3-24,27,29-30,33,36-37,52H,25-26,28,31-32H2,1-2H3. The first-order valence-electron chi connectivity index (χ1n) is 21.7. The molecule has 280 valence electrons. The molecule has 0 N–H and O–H groups in total. The van der Waals surface area contributed by atoms with Crippen LogP contribution < -0.4 is 4.90 Å². The Morgan fingerprint density at radius 2 is 1.24 bits per heavy atom. The van der Waals surface area contributed by atoms with Crippen LogP contribution >= 0.6 is 0 Å². The molecule has 0 radical (unpaired) electrons. The fraction of sp³-hybridized carbons (Fsp3) is 0.250. The summed E-state index contributed by atoms with van der Waals surface area (Å²) >= 11 is 0. The Kier molecular flexibility index (Phi) is 5.98. The molecule has 14 rings (SSSR count). The molecule has 3 bridgehead atoms. The lowest BCUT2D eigenvalue weighted by Crippen LogP contribution is -2.50. The number of furan rings is 1. The van der Waals surface area contributed by atoms with Crippen LogP contribution in [0, 0.1) is 29.1 Å². The SMILES string of the molecule is CC1(C)c2ccccc2-c2ccc(N(c3ccc4c(c3)-c3cc(-c5ccccc5)ccc3C43C4CC5CC6CC3C6(C5)C4)c3cccc4oc5ccccc5c34)cc21. The van der Waals surface area contributed by atoms with E-state index >= 15 is 0 Å². The number of fused-ring (bicyclic) bond motifs is 15. The van der Waals surface area contributed by atoms with Crippen molar-refractivity contribution in [3.05, 3.63) is 174 Å². The fourth-order valence-corrected chi connectivity index (χ4v) is 14.7. The first-order valence-corrected chi connectivity index (χ1v) is 21.7. The molecule has 1 aromatic heterocycles. The second kappa shape index (κ2) is 10.8. The third kappa shape index (κ3) is 3.77. The number of hydrogen-bond donors (Lipinski definition) is 0. The molecule has 8 aromatic rings. The third-order valence-electron chi connectivity index (χ3n) is 16.8. The van der Waals surface area contributed by atoms with Crippen molar-refractivity contribution in [1.29, 1.82) is 0 Å². The summed E-state index contributed by atoms with van der Waals surface area (Å²) in [5, 5.41) is 2.31. The van der Waals surface area contributed by atoms with E-state index in [0.717, 1.165) is 51.3 Å². The summed E-state index contributed by atoms with van der Waals surface area (Å²) in [6.45, 7) is 4.78. The lowest BCUT2D eigenvalue weighted by atomic mass is 9.49. The predicted molar refractivity (Wildman–Crippen MR) is 237 cm³/mol. The van der Waals surface area contributed by atoms with Crippen molar-refractivity contribution >= 4 is 39.0 Å². The molecular formula is C56H45NO. The molecule has 0 saturated heterocycles. The highest BCUT2D eigenvalue weighted by molar-refractivity contribution is 6.13. The van der Waals surface area contributed by atoms with Gasteiger partial charge in [-0.1, -0.05) is 117 Å². The van der Waals surface area contributed by atoms with Crippen molar-refractivity contribution < 1.29 is 4.42 Å². The zero-order chi connectivity index (χ0) is 38.1. The number of para-hydroxylation sites is 1. The van der Waals surface area contributed by atoms with Crippen molar-refractivity contribution in [2.45, 2.75) is 56.8 Å². The lowest BCUT2D eigenvalue weighted by molar-refractivity contribution is -0.0193. The molecule has 0 amide bonds. The van der Waals surface area contributed by atoms with Crippen LogP contribution in [0.1, 0.15) is 68.2 Å². The molecular weight excluding hydrogens is 703 g/mol. The van der Waals surface area contributed by atoms with Gasteiger partial charge in [0.05, 0.1) is 11.1 Å². The number of hydrogen-bond acceptors (Lipinski definition) is 2. The maximum absolute atomic E-state index is 6.56. The largest absolute Gasteiger partial charge is 0.456 e. The Morgan fingerprint density at radius 3 is 2.16 bits per heavy atom. The monoisotopic (exact) mass is 747 g/mol. The highest BCUT2D eigenvalue weighted by Crippen LogP contribution is 2.83. The molecule has 6 aliphatic rings. The minimum atomic E-state index is -0.112. The van der Waals surface area contributed by atoms with E-state index in [1.165, 1.54) is 88.0 Å². The minimum Gasteiger partial charge on any atom is -0.456 e. The molecule has 7 aromatic carbocycles. The highest BCUT2D eigenvalue weighted by Gasteiger charge is 2.76. The molecule has 4 fully saturated rings. The zero-order valence-corrected chi connectivity index (χ0v) is 33.1. The van der Waals surface area contributed by atoms with Crippen LogP contribution in [0.4, 0.5) is 17.1 Å². The van der Waals surface area contributed by atoms with Crippen molar-refractivity contribution in [1.82, 2.24) is 0 Å². The van der Waals surface area contributed by atoms with Crippen molar-refractivity contribution in [3.8, 4) is 33.4 Å². The Bertz CT molecular complexity index is 3080. The Labute approximate surface area is 340 Å². The first kappa shape index (κ1) is 32.1. The molecule has 0 aliphatic heterocycles. The summed E-state index contributed by atoms with van der Waals surface area (Å²) in [5.74, 6) is 3.33. The van der Waals surface area contributed by atoms with Crippen molar-refractivity contribution in [3.63, 3.8) is 0 Å². The van der Waals surface area contributed by atoms with E-state index in [0.29, 0.717) is 5.41 Å². The number of rotatable bonds is 4. The maximum Gasteiger partial charge on any atom is 0.137 e. The second-order valence-electron chi connectivity index (χ2n) is 19.4. The van der Waals surface area contributed by atoms with Crippen LogP contribution in [-0.4, -0.2) is 0 Å². The Hall–Kier alpha value is -5.86. The topological polar surface area (TPSA) is 16.4 Å². The van der Waals surface area contributed by atoms with Gasteiger partial charge < -0.3 is 9.32 Å². The van der Waals surface area contributed by atoms with Gasteiger partial charge in [-0.2, -0.15) is 0 Å². The smallest absolute Gasteiger partial charge is 0.137 e.